The molecule has 3 aliphatic rings. The molecule has 156 valence electrons. The van der Waals surface area contributed by atoms with Gasteiger partial charge in [0.1, 0.15) is 0 Å². The van der Waals surface area contributed by atoms with E-state index < -0.39 is 5.82 Å². The summed E-state index contributed by atoms with van der Waals surface area (Å²) in [5.74, 6) is 0.131. The SMILES string of the molecule is Cc1cc(CN2CCN(c3ncc(F)cn3)CC2)cc2c1C1=NCCCC1C(=O)N2. The first-order chi connectivity index (χ1) is 14.6. The second kappa shape index (κ2) is 7.75. The van der Waals surface area contributed by atoms with Crippen molar-refractivity contribution in [1.29, 1.82) is 0 Å². The van der Waals surface area contributed by atoms with Crippen LogP contribution in [-0.2, 0) is 11.3 Å². The van der Waals surface area contributed by atoms with Crippen LogP contribution >= 0.6 is 0 Å². The average molecular weight is 408 g/mol. The fourth-order valence-electron chi connectivity index (χ4n) is 4.69. The molecule has 3 aliphatic heterocycles. The molecular weight excluding hydrogens is 383 g/mol. The van der Waals surface area contributed by atoms with Gasteiger partial charge in [0.05, 0.1) is 29.7 Å². The van der Waals surface area contributed by atoms with Crippen molar-refractivity contribution in [1.82, 2.24) is 14.9 Å². The number of hydrogen-bond acceptors (Lipinski definition) is 6. The second-order valence-electron chi connectivity index (χ2n) is 8.25. The molecule has 0 aliphatic carbocycles. The summed E-state index contributed by atoms with van der Waals surface area (Å²) in [5.41, 5.74) is 5.34. The van der Waals surface area contributed by atoms with Crippen molar-refractivity contribution >= 4 is 23.3 Å². The third kappa shape index (κ3) is 3.56. The third-order valence-electron chi connectivity index (χ3n) is 6.16. The van der Waals surface area contributed by atoms with Crippen LogP contribution in [0.25, 0.3) is 0 Å². The van der Waals surface area contributed by atoms with Gasteiger partial charge in [-0.15, -0.1) is 0 Å². The third-order valence-corrected chi connectivity index (χ3v) is 6.16. The lowest BCUT2D eigenvalue weighted by molar-refractivity contribution is -0.118. The molecule has 1 amide bonds. The number of aryl methyl sites for hydroxylation is 1. The van der Waals surface area contributed by atoms with Crippen LogP contribution in [0, 0.1) is 18.7 Å². The molecule has 4 heterocycles. The number of halogens is 1. The molecule has 1 unspecified atom stereocenters. The molecular formula is C22H25FN6O. The summed E-state index contributed by atoms with van der Waals surface area (Å²) in [7, 11) is 0. The maximum atomic E-state index is 13.0. The van der Waals surface area contributed by atoms with Crippen molar-refractivity contribution in [2.45, 2.75) is 26.3 Å². The Hall–Kier alpha value is -2.87. The number of fused-ring (bicyclic) bond motifs is 3. The molecule has 0 bridgehead atoms. The molecule has 1 fully saturated rings. The Balaban J connectivity index is 1.29. The smallest absolute Gasteiger partial charge is 0.233 e. The lowest BCUT2D eigenvalue weighted by atomic mass is 9.83. The Morgan fingerprint density at radius 3 is 2.70 bits per heavy atom. The van der Waals surface area contributed by atoms with E-state index in [4.69, 9.17) is 4.99 Å². The topological polar surface area (TPSA) is 73.7 Å². The highest BCUT2D eigenvalue weighted by molar-refractivity contribution is 6.23. The number of carbonyl (C=O) groups excluding carboxylic acids is 1. The Morgan fingerprint density at radius 1 is 1.17 bits per heavy atom. The number of piperazine rings is 1. The number of carbonyl (C=O) groups is 1. The van der Waals surface area contributed by atoms with Crippen molar-refractivity contribution in [3.05, 3.63) is 47.0 Å². The lowest BCUT2D eigenvalue weighted by Crippen LogP contribution is -2.46. The van der Waals surface area contributed by atoms with Gasteiger partial charge >= 0.3 is 0 Å². The number of nitrogens with zero attached hydrogens (tertiary/aromatic N) is 5. The largest absolute Gasteiger partial charge is 0.338 e. The van der Waals surface area contributed by atoms with E-state index >= 15 is 0 Å². The molecule has 8 heteroatoms. The lowest BCUT2D eigenvalue weighted by Gasteiger charge is -2.35. The molecule has 0 saturated carbocycles. The summed E-state index contributed by atoms with van der Waals surface area (Å²) < 4.78 is 13.0. The van der Waals surface area contributed by atoms with E-state index in [0.29, 0.717) is 5.95 Å². The summed E-state index contributed by atoms with van der Waals surface area (Å²) in [4.78, 5) is 29.9. The predicted molar refractivity (Wildman–Crippen MR) is 113 cm³/mol. The number of hydrogen-bond donors (Lipinski definition) is 1. The maximum Gasteiger partial charge on any atom is 0.233 e. The number of aliphatic imine (C=N–C) groups is 1. The highest BCUT2D eigenvalue weighted by Crippen LogP contribution is 2.34. The first-order valence-electron chi connectivity index (χ1n) is 10.5. The summed E-state index contributed by atoms with van der Waals surface area (Å²) in [6.45, 7) is 7.07. The van der Waals surface area contributed by atoms with Crippen LogP contribution in [0.3, 0.4) is 0 Å². The molecule has 0 radical (unpaired) electrons. The number of nitrogens with one attached hydrogen (secondary N) is 1. The van der Waals surface area contributed by atoms with Gasteiger partial charge in [0, 0.05) is 44.8 Å². The molecule has 1 aromatic heterocycles. The van der Waals surface area contributed by atoms with Crippen LogP contribution in [0.4, 0.5) is 16.0 Å². The molecule has 5 rings (SSSR count). The first-order valence-corrected chi connectivity index (χ1v) is 10.5. The zero-order chi connectivity index (χ0) is 20.7. The predicted octanol–water partition coefficient (Wildman–Crippen LogP) is 2.40. The Morgan fingerprint density at radius 2 is 1.93 bits per heavy atom. The number of rotatable bonds is 3. The second-order valence-corrected chi connectivity index (χ2v) is 8.25. The molecule has 0 spiro atoms. The number of amides is 1. The first kappa shape index (κ1) is 19.1. The summed E-state index contributed by atoms with van der Waals surface area (Å²) in [6.07, 6.45) is 4.27. The van der Waals surface area contributed by atoms with E-state index in [0.717, 1.165) is 69.1 Å². The van der Waals surface area contributed by atoms with Gasteiger partial charge in [0.15, 0.2) is 5.82 Å². The van der Waals surface area contributed by atoms with Gasteiger partial charge in [-0.05, 0) is 37.0 Å². The van der Waals surface area contributed by atoms with Gasteiger partial charge in [-0.25, -0.2) is 14.4 Å². The molecule has 30 heavy (non-hydrogen) atoms. The van der Waals surface area contributed by atoms with Gasteiger partial charge in [0.2, 0.25) is 11.9 Å². The standard InChI is InChI=1S/C22H25FN6O/c1-14-9-15(10-18-19(14)20-17(21(30)27-18)3-2-4-24-20)13-28-5-7-29(8-6-28)22-25-11-16(23)12-26-22/h9-12,17H,2-8,13H2,1H3,(H,27,30). The summed E-state index contributed by atoms with van der Waals surface area (Å²) in [5, 5.41) is 3.12. The molecule has 2 aromatic rings. The Bertz CT molecular complexity index is 997. The maximum absolute atomic E-state index is 13.0. The van der Waals surface area contributed by atoms with E-state index in [2.05, 4.69) is 44.1 Å². The summed E-state index contributed by atoms with van der Waals surface area (Å²) in [6, 6.07) is 4.32. The minimum Gasteiger partial charge on any atom is -0.338 e. The van der Waals surface area contributed by atoms with Crippen molar-refractivity contribution in [3.63, 3.8) is 0 Å². The van der Waals surface area contributed by atoms with Crippen LogP contribution in [0.15, 0.2) is 29.5 Å². The van der Waals surface area contributed by atoms with E-state index in [1.807, 2.05) is 0 Å². The number of anilines is 2. The normalized spacial score (nSPS) is 21.5. The highest BCUT2D eigenvalue weighted by atomic mass is 19.1. The van der Waals surface area contributed by atoms with E-state index in [1.54, 1.807) is 0 Å². The molecule has 1 saturated heterocycles. The Kier molecular flexibility index (Phi) is 4.94. The van der Waals surface area contributed by atoms with Crippen molar-refractivity contribution in [2.75, 3.05) is 42.9 Å². The van der Waals surface area contributed by atoms with Gasteiger partial charge in [-0.1, -0.05) is 6.07 Å². The van der Waals surface area contributed by atoms with Gasteiger partial charge in [-0.2, -0.15) is 0 Å². The monoisotopic (exact) mass is 408 g/mol. The van der Waals surface area contributed by atoms with Gasteiger partial charge in [0.25, 0.3) is 0 Å². The molecule has 1 aromatic carbocycles. The van der Waals surface area contributed by atoms with Crippen molar-refractivity contribution in [2.24, 2.45) is 10.9 Å². The van der Waals surface area contributed by atoms with Crippen molar-refractivity contribution < 1.29 is 9.18 Å². The van der Waals surface area contributed by atoms with Crippen LogP contribution in [0.1, 0.15) is 29.5 Å². The molecule has 7 nitrogen and oxygen atoms in total. The zero-order valence-corrected chi connectivity index (χ0v) is 17.1. The molecule has 1 atom stereocenters. The van der Waals surface area contributed by atoms with Crippen LogP contribution in [-0.4, -0.2) is 59.2 Å². The van der Waals surface area contributed by atoms with Gasteiger partial charge < -0.3 is 10.2 Å². The molecule has 1 N–H and O–H groups in total. The Labute approximate surface area is 175 Å². The minimum absolute atomic E-state index is 0.0745. The van der Waals surface area contributed by atoms with Crippen LogP contribution in [0.5, 0.6) is 0 Å². The van der Waals surface area contributed by atoms with Crippen LogP contribution in [0.2, 0.25) is 0 Å². The minimum atomic E-state index is -0.419. The van der Waals surface area contributed by atoms with Crippen molar-refractivity contribution in [3.8, 4) is 0 Å². The quantitative estimate of drug-likeness (QED) is 0.844. The number of aromatic nitrogens is 2. The fourth-order valence-corrected chi connectivity index (χ4v) is 4.69. The van der Waals surface area contributed by atoms with E-state index in [9.17, 15) is 9.18 Å². The van der Waals surface area contributed by atoms with Crippen LogP contribution < -0.4 is 10.2 Å². The van der Waals surface area contributed by atoms with Gasteiger partial charge in [-0.3, -0.25) is 14.7 Å². The van der Waals surface area contributed by atoms with E-state index in [1.165, 1.54) is 23.5 Å². The zero-order valence-electron chi connectivity index (χ0n) is 17.1. The fraction of sp³-hybridized carbons (Fsp3) is 0.455. The highest BCUT2D eigenvalue weighted by Gasteiger charge is 2.34. The summed E-state index contributed by atoms with van der Waals surface area (Å²) >= 11 is 0. The van der Waals surface area contributed by atoms with E-state index in [-0.39, 0.29) is 11.8 Å². The number of benzene rings is 1. The average Bonchev–Trinajstić information content (AvgIpc) is 2.75.